The number of carbonyl (C=O) groups excluding carboxylic acids is 1. The van der Waals surface area contributed by atoms with Crippen molar-refractivity contribution >= 4 is 40.9 Å². The van der Waals surface area contributed by atoms with Gasteiger partial charge in [0.25, 0.3) is 0 Å². The van der Waals surface area contributed by atoms with Crippen molar-refractivity contribution in [3.05, 3.63) is 88.7 Å². The van der Waals surface area contributed by atoms with Gasteiger partial charge in [-0.3, -0.25) is 14.3 Å². The van der Waals surface area contributed by atoms with E-state index in [-0.39, 0.29) is 11.7 Å². The predicted octanol–water partition coefficient (Wildman–Crippen LogP) is 5.04. The van der Waals surface area contributed by atoms with Gasteiger partial charge in [-0.25, -0.2) is 0 Å². The molecule has 0 saturated heterocycles. The molecule has 1 N–H and O–H groups in total. The van der Waals surface area contributed by atoms with Crippen LogP contribution in [0.25, 0.3) is 17.1 Å². The SMILES string of the molecule is O=C(CSc1nnc(-c2ccncc2)n1-c1ccc(Cl)cc1)NCc1ccc(Cl)cc1. The fourth-order valence-corrected chi connectivity index (χ4v) is 3.89. The summed E-state index contributed by atoms with van der Waals surface area (Å²) < 4.78 is 1.91. The fraction of sp³-hybridized carbons (Fsp3) is 0.0909. The maximum atomic E-state index is 12.4. The van der Waals surface area contributed by atoms with Crippen LogP contribution >= 0.6 is 35.0 Å². The van der Waals surface area contributed by atoms with Crippen LogP contribution in [0.4, 0.5) is 0 Å². The third kappa shape index (κ3) is 5.44. The van der Waals surface area contributed by atoms with Crippen LogP contribution in [0.5, 0.6) is 0 Å². The molecule has 0 unspecified atom stereocenters. The number of pyridine rings is 1. The van der Waals surface area contributed by atoms with E-state index in [1.807, 2.05) is 41.0 Å². The molecule has 156 valence electrons. The third-order valence-electron chi connectivity index (χ3n) is 4.39. The molecule has 9 heteroatoms. The van der Waals surface area contributed by atoms with Crippen molar-refractivity contribution in [2.45, 2.75) is 11.7 Å². The number of aromatic nitrogens is 4. The molecule has 2 aromatic carbocycles. The zero-order valence-electron chi connectivity index (χ0n) is 16.2. The number of halogens is 2. The van der Waals surface area contributed by atoms with E-state index in [1.165, 1.54) is 11.8 Å². The Labute approximate surface area is 193 Å². The number of thioether (sulfide) groups is 1. The normalized spacial score (nSPS) is 10.8. The summed E-state index contributed by atoms with van der Waals surface area (Å²) >= 11 is 13.3. The molecule has 0 spiro atoms. The quantitative estimate of drug-likeness (QED) is 0.383. The van der Waals surface area contributed by atoms with E-state index in [0.717, 1.165) is 16.8 Å². The number of nitrogens with zero attached hydrogens (tertiary/aromatic N) is 4. The molecular weight excluding hydrogens is 453 g/mol. The molecule has 0 aliphatic heterocycles. The first-order valence-electron chi connectivity index (χ1n) is 9.36. The Kier molecular flexibility index (Phi) is 6.86. The maximum Gasteiger partial charge on any atom is 0.230 e. The Balaban J connectivity index is 1.51. The van der Waals surface area contributed by atoms with Crippen molar-refractivity contribution in [3.63, 3.8) is 0 Å². The molecule has 0 saturated carbocycles. The van der Waals surface area contributed by atoms with Gasteiger partial charge >= 0.3 is 0 Å². The highest BCUT2D eigenvalue weighted by molar-refractivity contribution is 7.99. The summed E-state index contributed by atoms with van der Waals surface area (Å²) in [5.41, 5.74) is 2.70. The van der Waals surface area contributed by atoms with E-state index in [2.05, 4.69) is 20.5 Å². The lowest BCUT2D eigenvalue weighted by Crippen LogP contribution is -2.24. The molecule has 4 rings (SSSR count). The molecule has 0 radical (unpaired) electrons. The van der Waals surface area contributed by atoms with Gasteiger partial charge in [-0.1, -0.05) is 47.1 Å². The van der Waals surface area contributed by atoms with Crippen molar-refractivity contribution in [2.24, 2.45) is 0 Å². The molecule has 2 aromatic heterocycles. The number of amides is 1. The largest absolute Gasteiger partial charge is 0.351 e. The Morgan fingerprint density at radius 2 is 1.55 bits per heavy atom. The highest BCUT2D eigenvalue weighted by Gasteiger charge is 2.17. The van der Waals surface area contributed by atoms with Gasteiger partial charge < -0.3 is 5.32 Å². The van der Waals surface area contributed by atoms with E-state index >= 15 is 0 Å². The summed E-state index contributed by atoms with van der Waals surface area (Å²) in [5, 5.41) is 13.5. The Bertz CT molecular complexity index is 1160. The van der Waals surface area contributed by atoms with E-state index in [1.54, 1.807) is 36.7 Å². The lowest BCUT2D eigenvalue weighted by molar-refractivity contribution is -0.118. The van der Waals surface area contributed by atoms with Crippen LogP contribution in [-0.2, 0) is 11.3 Å². The number of benzene rings is 2. The topological polar surface area (TPSA) is 72.7 Å². The summed E-state index contributed by atoms with van der Waals surface area (Å²) in [6.45, 7) is 0.433. The molecule has 2 heterocycles. The highest BCUT2D eigenvalue weighted by atomic mass is 35.5. The highest BCUT2D eigenvalue weighted by Crippen LogP contribution is 2.28. The standard InChI is InChI=1S/C22H17Cl2N5OS/c23-17-3-1-15(2-4-17)13-26-20(30)14-31-22-28-27-21(16-9-11-25-12-10-16)29(22)19-7-5-18(24)6-8-19/h1-12H,13-14H2,(H,26,30). The van der Waals surface area contributed by atoms with E-state index in [4.69, 9.17) is 23.2 Å². The second kappa shape index (κ2) is 9.96. The molecule has 6 nitrogen and oxygen atoms in total. The lowest BCUT2D eigenvalue weighted by Gasteiger charge is -2.10. The van der Waals surface area contributed by atoms with Gasteiger partial charge in [0.15, 0.2) is 11.0 Å². The fourth-order valence-electron chi connectivity index (χ4n) is 2.86. The first-order chi connectivity index (χ1) is 15.1. The van der Waals surface area contributed by atoms with Crippen molar-refractivity contribution < 1.29 is 4.79 Å². The Hall–Kier alpha value is -2.87. The van der Waals surface area contributed by atoms with Gasteiger partial charge in [-0.15, -0.1) is 10.2 Å². The summed E-state index contributed by atoms with van der Waals surface area (Å²) in [5.74, 6) is 0.764. The van der Waals surface area contributed by atoms with Gasteiger partial charge in [0.2, 0.25) is 5.91 Å². The molecule has 1 amide bonds. The third-order valence-corrected chi connectivity index (χ3v) is 5.82. The number of carbonyl (C=O) groups is 1. The maximum absolute atomic E-state index is 12.4. The summed E-state index contributed by atoms with van der Waals surface area (Å²) in [6, 6.07) is 18.5. The number of hydrogen-bond acceptors (Lipinski definition) is 5. The van der Waals surface area contributed by atoms with Crippen LogP contribution in [0, 0.1) is 0 Å². The van der Waals surface area contributed by atoms with Crippen LogP contribution < -0.4 is 5.32 Å². The molecule has 0 bridgehead atoms. The first-order valence-corrected chi connectivity index (χ1v) is 11.1. The lowest BCUT2D eigenvalue weighted by atomic mass is 10.2. The van der Waals surface area contributed by atoms with Gasteiger partial charge in [0.05, 0.1) is 5.75 Å². The molecule has 4 aromatic rings. The zero-order valence-corrected chi connectivity index (χ0v) is 18.5. The van der Waals surface area contributed by atoms with Crippen molar-refractivity contribution in [2.75, 3.05) is 5.75 Å². The first kappa shape index (κ1) is 21.4. The molecule has 0 atom stereocenters. The van der Waals surface area contributed by atoms with E-state index in [0.29, 0.717) is 27.6 Å². The minimum absolute atomic E-state index is 0.101. The minimum atomic E-state index is -0.101. The molecular formula is C22H17Cl2N5OS. The van der Waals surface area contributed by atoms with Gasteiger partial charge in [-0.2, -0.15) is 0 Å². The van der Waals surface area contributed by atoms with Gasteiger partial charge in [-0.05, 0) is 54.1 Å². The number of rotatable bonds is 7. The number of nitrogens with one attached hydrogen (secondary N) is 1. The predicted molar refractivity (Wildman–Crippen MR) is 124 cm³/mol. The minimum Gasteiger partial charge on any atom is -0.351 e. The molecule has 0 fully saturated rings. The van der Waals surface area contributed by atoms with Crippen molar-refractivity contribution in [1.29, 1.82) is 0 Å². The number of hydrogen-bond donors (Lipinski definition) is 1. The zero-order chi connectivity index (χ0) is 21.6. The van der Waals surface area contributed by atoms with E-state index in [9.17, 15) is 4.79 Å². The van der Waals surface area contributed by atoms with Crippen LogP contribution in [0.3, 0.4) is 0 Å². The van der Waals surface area contributed by atoms with E-state index < -0.39 is 0 Å². The van der Waals surface area contributed by atoms with Gasteiger partial charge in [0.1, 0.15) is 0 Å². The van der Waals surface area contributed by atoms with Crippen molar-refractivity contribution in [1.82, 2.24) is 25.1 Å². The Morgan fingerprint density at radius 1 is 0.903 bits per heavy atom. The summed E-state index contributed by atoms with van der Waals surface area (Å²) in [7, 11) is 0. The Morgan fingerprint density at radius 3 is 2.23 bits per heavy atom. The van der Waals surface area contributed by atoms with Crippen LogP contribution in [0.15, 0.2) is 78.2 Å². The molecule has 0 aliphatic carbocycles. The smallest absolute Gasteiger partial charge is 0.230 e. The summed E-state index contributed by atoms with van der Waals surface area (Å²) in [6.07, 6.45) is 3.40. The van der Waals surface area contributed by atoms with Crippen LogP contribution in [0.1, 0.15) is 5.56 Å². The second-order valence-electron chi connectivity index (χ2n) is 6.55. The van der Waals surface area contributed by atoms with Crippen LogP contribution in [0.2, 0.25) is 10.0 Å². The average molecular weight is 470 g/mol. The van der Waals surface area contributed by atoms with Crippen molar-refractivity contribution in [3.8, 4) is 17.1 Å². The van der Waals surface area contributed by atoms with Gasteiger partial charge in [0, 0.05) is 40.2 Å². The van der Waals surface area contributed by atoms with Crippen LogP contribution in [-0.4, -0.2) is 31.4 Å². The average Bonchev–Trinajstić information content (AvgIpc) is 3.22. The molecule has 0 aliphatic rings. The summed E-state index contributed by atoms with van der Waals surface area (Å²) in [4.78, 5) is 16.4. The monoisotopic (exact) mass is 469 g/mol. The second-order valence-corrected chi connectivity index (χ2v) is 8.36. The molecule has 31 heavy (non-hydrogen) atoms.